The fourth-order valence-corrected chi connectivity index (χ4v) is 5.86. The number of pyridine rings is 3. The molecule has 0 N–H and O–H groups in total. The largest absolute Gasteiger partial charge is 0.496 e. The summed E-state index contributed by atoms with van der Waals surface area (Å²) in [7, 11) is 1.34. The third-order valence-electron chi connectivity index (χ3n) is 7.95. The summed E-state index contributed by atoms with van der Waals surface area (Å²) < 4.78 is 38.1. The van der Waals surface area contributed by atoms with Crippen LogP contribution < -0.4 is 15.2 Å². The van der Waals surface area contributed by atoms with Crippen molar-refractivity contribution >= 4 is 22.6 Å². The lowest BCUT2D eigenvalue weighted by atomic mass is 10.0. The van der Waals surface area contributed by atoms with Crippen LogP contribution in [-0.2, 0) is 4.79 Å². The number of anilines is 1. The molecule has 1 saturated heterocycles. The Morgan fingerprint density at radius 2 is 1.95 bits per heavy atom. The molecule has 0 aliphatic carbocycles. The number of carbonyl (C=O) groups excluding carboxylic acids is 1. The van der Waals surface area contributed by atoms with Crippen molar-refractivity contribution in [3.8, 4) is 28.8 Å². The monoisotopic (exact) mass is 598 g/mol. The summed E-state index contributed by atoms with van der Waals surface area (Å²) in [6.07, 6.45) is 2.87. The number of hydrogen-bond donors (Lipinski definition) is 0. The van der Waals surface area contributed by atoms with Crippen molar-refractivity contribution in [2.75, 3.05) is 31.6 Å². The van der Waals surface area contributed by atoms with Crippen LogP contribution in [0.4, 0.5) is 14.5 Å². The van der Waals surface area contributed by atoms with Gasteiger partial charge >= 0.3 is 0 Å². The van der Waals surface area contributed by atoms with Gasteiger partial charge in [-0.05, 0) is 55.7 Å². The molecule has 0 spiro atoms. The number of amides is 1. The first-order chi connectivity index (χ1) is 21.0. The zero-order chi connectivity index (χ0) is 31.9. The van der Waals surface area contributed by atoms with Crippen LogP contribution in [0.2, 0.25) is 0 Å². The first kappa shape index (κ1) is 30.4. The fraction of sp³-hybridized carbons (Fsp3) is 0.303. The number of benzene rings is 1. The Labute approximate surface area is 253 Å². The van der Waals surface area contributed by atoms with Crippen molar-refractivity contribution in [2.45, 2.75) is 39.7 Å². The van der Waals surface area contributed by atoms with Gasteiger partial charge in [0.2, 0.25) is 5.91 Å². The predicted molar refractivity (Wildman–Crippen MR) is 164 cm³/mol. The standard InChI is InChI=1S/C33H32F2N6O3/c1-7-26(42)39-13-14-40(20(5)17-39)31-21-15-24(35)29(27-23(34)9-8-10-25(27)44-6)38-32(21)41(33(43)22(31)16-36)30-19(4)11-12-37-28(30)18(2)3/h7-12,15,18,20H,1,13-14,17H2,2-6H3. The smallest absolute Gasteiger partial charge is 0.276 e. The summed E-state index contributed by atoms with van der Waals surface area (Å²) in [5.74, 6) is -1.91. The number of piperazine rings is 1. The second-order valence-electron chi connectivity index (χ2n) is 11.0. The fourth-order valence-electron chi connectivity index (χ4n) is 5.86. The summed E-state index contributed by atoms with van der Waals surface area (Å²) in [6.45, 7) is 11.9. The Kier molecular flexibility index (Phi) is 8.19. The predicted octanol–water partition coefficient (Wildman–Crippen LogP) is 5.26. The Bertz CT molecular complexity index is 1910. The number of aryl methyl sites for hydroxylation is 1. The van der Waals surface area contributed by atoms with Gasteiger partial charge in [-0.15, -0.1) is 0 Å². The molecule has 1 aromatic carbocycles. The van der Waals surface area contributed by atoms with E-state index < -0.39 is 17.2 Å². The van der Waals surface area contributed by atoms with Crippen LogP contribution >= 0.6 is 0 Å². The van der Waals surface area contributed by atoms with Gasteiger partial charge in [0.25, 0.3) is 5.56 Å². The van der Waals surface area contributed by atoms with E-state index in [1.54, 1.807) is 17.2 Å². The molecule has 11 heteroatoms. The molecule has 1 fully saturated rings. The Morgan fingerprint density at radius 3 is 2.59 bits per heavy atom. The van der Waals surface area contributed by atoms with Gasteiger partial charge in [0.15, 0.2) is 11.5 Å². The van der Waals surface area contributed by atoms with Crippen LogP contribution in [0, 0.1) is 29.9 Å². The second-order valence-corrected chi connectivity index (χ2v) is 11.0. The van der Waals surface area contributed by atoms with Gasteiger partial charge < -0.3 is 14.5 Å². The Hall–Kier alpha value is -5.11. The molecule has 1 amide bonds. The molecule has 44 heavy (non-hydrogen) atoms. The summed E-state index contributed by atoms with van der Waals surface area (Å²) in [5.41, 5.74) is 0.484. The average Bonchev–Trinajstić information content (AvgIpc) is 3.00. The van der Waals surface area contributed by atoms with Crippen molar-refractivity contribution in [1.29, 1.82) is 5.26 Å². The number of methoxy groups -OCH3 is 1. The van der Waals surface area contributed by atoms with Crippen LogP contribution in [0.3, 0.4) is 0 Å². The number of ether oxygens (including phenoxy) is 1. The minimum absolute atomic E-state index is 0.0282. The lowest BCUT2D eigenvalue weighted by molar-refractivity contribution is -0.126. The molecular weight excluding hydrogens is 566 g/mol. The maximum Gasteiger partial charge on any atom is 0.276 e. The number of nitrogens with zero attached hydrogens (tertiary/aromatic N) is 6. The van der Waals surface area contributed by atoms with E-state index in [-0.39, 0.29) is 63.7 Å². The van der Waals surface area contributed by atoms with Crippen LogP contribution in [0.15, 0.2) is 54.0 Å². The minimum Gasteiger partial charge on any atom is -0.496 e. The molecule has 9 nitrogen and oxygen atoms in total. The van der Waals surface area contributed by atoms with E-state index >= 15 is 8.78 Å². The number of rotatable bonds is 6. The highest BCUT2D eigenvalue weighted by Crippen LogP contribution is 2.39. The molecule has 1 atom stereocenters. The lowest BCUT2D eigenvalue weighted by Gasteiger charge is -2.41. The highest BCUT2D eigenvalue weighted by Gasteiger charge is 2.33. The maximum atomic E-state index is 16.2. The highest BCUT2D eigenvalue weighted by molar-refractivity contribution is 5.96. The van der Waals surface area contributed by atoms with Gasteiger partial charge in [0.05, 0.1) is 29.7 Å². The van der Waals surface area contributed by atoms with Gasteiger partial charge in [-0.3, -0.25) is 19.1 Å². The quantitative estimate of drug-likeness (QED) is 0.279. The number of halogens is 2. The van der Waals surface area contributed by atoms with E-state index in [4.69, 9.17) is 4.74 Å². The molecule has 3 aromatic heterocycles. The summed E-state index contributed by atoms with van der Waals surface area (Å²) in [4.78, 5) is 39.4. The number of aromatic nitrogens is 3. The zero-order valence-corrected chi connectivity index (χ0v) is 25.2. The van der Waals surface area contributed by atoms with E-state index in [9.17, 15) is 14.9 Å². The molecule has 0 saturated carbocycles. The first-order valence-corrected chi connectivity index (χ1v) is 14.2. The zero-order valence-electron chi connectivity index (χ0n) is 25.2. The summed E-state index contributed by atoms with van der Waals surface area (Å²) in [5, 5.41) is 10.6. The van der Waals surface area contributed by atoms with Gasteiger partial charge in [-0.2, -0.15) is 5.26 Å². The lowest BCUT2D eigenvalue weighted by Crippen LogP contribution is -2.54. The van der Waals surface area contributed by atoms with Crippen molar-refractivity contribution < 1.29 is 18.3 Å². The van der Waals surface area contributed by atoms with E-state index in [1.807, 2.05) is 32.6 Å². The number of fused-ring (bicyclic) bond motifs is 1. The topological polar surface area (TPSA) is 104 Å². The molecule has 5 rings (SSSR count). The van der Waals surface area contributed by atoms with Gasteiger partial charge in [0, 0.05) is 37.3 Å². The number of carbonyl (C=O) groups is 1. The van der Waals surface area contributed by atoms with Crippen molar-refractivity contribution in [3.63, 3.8) is 0 Å². The maximum absolute atomic E-state index is 16.2. The van der Waals surface area contributed by atoms with Crippen LogP contribution in [0.5, 0.6) is 5.75 Å². The van der Waals surface area contributed by atoms with Gasteiger partial charge in [-0.1, -0.05) is 26.5 Å². The molecular formula is C33H32F2N6O3. The van der Waals surface area contributed by atoms with Crippen molar-refractivity contribution in [2.24, 2.45) is 0 Å². The third kappa shape index (κ3) is 4.96. The normalized spacial score (nSPS) is 15.0. The summed E-state index contributed by atoms with van der Waals surface area (Å²) in [6, 6.07) is 8.75. The average molecular weight is 599 g/mol. The van der Waals surface area contributed by atoms with E-state index in [0.717, 1.165) is 0 Å². The Morgan fingerprint density at radius 1 is 1.20 bits per heavy atom. The van der Waals surface area contributed by atoms with Crippen LogP contribution in [0.1, 0.15) is 43.5 Å². The highest BCUT2D eigenvalue weighted by atomic mass is 19.1. The van der Waals surface area contributed by atoms with Gasteiger partial charge in [0.1, 0.15) is 28.9 Å². The number of hydrogen-bond acceptors (Lipinski definition) is 7. The SMILES string of the molecule is C=CC(=O)N1CCN(c2c(C#N)c(=O)n(-c3c(C)ccnc3C(C)C)c3nc(-c4c(F)cccc4OC)c(F)cc23)C(C)C1. The molecule has 226 valence electrons. The molecule has 0 radical (unpaired) electrons. The molecule has 1 aliphatic heterocycles. The van der Waals surface area contributed by atoms with E-state index in [2.05, 4.69) is 22.6 Å². The minimum atomic E-state index is -0.864. The van der Waals surface area contributed by atoms with E-state index in [1.165, 1.54) is 42.0 Å². The summed E-state index contributed by atoms with van der Waals surface area (Å²) >= 11 is 0. The van der Waals surface area contributed by atoms with Crippen molar-refractivity contribution in [3.05, 3.63) is 88.0 Å². The second kappa shape index (κ2) is 11.9. The van der Waals surface area contributed by atoms with Crippen LogP contribution in [0.25, 0.3) is 28.0 Å². The molecule has 4 aromatic rings. The molecule has 1 unspecified atom stereocenters. The van der Waals surface area contributed by atoms with Crippen molar-refractivity contribution in [1.82, 2.24) is 19.4 Å². The molecule has 4 heterocycles. The third-order valence-corrected chi connectivity index (χ3v) is 7.95. The number of nitriles is 1. The van der Waals surface area contributed by atoms with E-state index in [0.29, 0.717) is 30.0 Å². The van der Waals surface area contributed by atoms with Gasteiger partial charge in [-0.25, -0.2) is 13.8 Å². The Balaban J connectivity index is 1.92. The molecule has 0 bridgehead atoms. The first-order valence-electron chi connectivity index (χ1n) is 14.2. The van der Waals surface area contributed by atoms with Crippen LogP contribution in [-0.4, -0.2) is 58.1 Å². The molecule has 1 aliphatic rings.